The fraction of sp³-hybridized carbons (Fsp3) is 0.333. The zero-order chi connectivity index (χ0) is 16.8. The molecule has 1 aromatic rings. The summed E-state index contributed by atoms with van der Waals surface area (Å²) < 4.78 is 35.7. The molecule has 1 rings (SSSR count). The Morgan fingerprint density at radius 3 is 2.41 bits per heavy atom. The normalized spacial score (nSPS) is 13.0. The molecule has 120 valence electrons. The quantitative estimate of drug-likeness (QED) is 0.814. The van der Waals surface area contributed by atoms with E-state index >= 15 is 0 Å². The van der Waals surface area contributed by atoms with Gasteiger partial charge >= 0.3 is 17.9 Å². The molecule has 0 radical (unpaired) electrons. The second kappa shape index (κ2) is 7.65. The van der Waals surface area contributed by atoms with Gasteiger partial charge in [0.1, 0.15) is 6.10 Å². The molecular formula is C15H16F2O5. The van der Waals surface area contributed by atoms with Crippen LogP contribution in [0.1, 0.15) is 22.8 Å². The van der Waals surface area contributed by atoms with E-state index in [0.717, 1.165) is 6.08 Å². The second-order valence-corrected chi connectivity index (χ2v) is 4.26. The number of rotatable bonds is 6. The molecular weight excluding hydrogens is 298 g/mol. The van der Waals surface area contributed by atoms with E-state index in [2.05, 4.69) is 9.47 Å². The summed E-state index contributed by atoms with van der Waals surface area (Å²) in [6.45, 7) is 1.18. The first-order valence-electron chi connectivity index (χ1n) is 6.42. The van der Waals surface area contributed by atoms with Crippen molar-refractivity contribution in [3.8, 4) is 0 Å². The van der Waals surface area contributed by atoms with Gasteiger partial charge in [-0.2, -0.15) is 8.78 Å². The van der Waals surface area contributed by atoms with Crippen LogP contribution in [0.15, 0.2) is 30.3 Å². The molecule has 7 heteroatoms. The Hall–Kier alpha value is -2.28. The molecule has 0 aliphatic heterocycles. The summed E-state index contributed by atoms with van der Waals surface area (Å²) in [6, 6.07) is 5.86. The number of hydrogen-bond donors (Lipinski definition) is 1. The lowest BCUT2D eigenvalue weighted by atomic mass is 10.1. The minimum Gasteiger partial charge on any atom is -0.465 e. The highest BCUT2D eigenvalue weighted by Gasteiger charge is 2.47. The third kappa shape index (κ3) is 4.36. The van der Waals surface area contributed by atoms with E-state index in [0.29, 0.717) is 11.1 Å². The van der Waals surface area contributed by atoms with Crippen LogP contribution in [0.4, 0.5) is 8.78 Å². The largest absolute Gasteiger partial charge is 0.465 e. The number of aliphatic hydroxyl groups excluding tert-OH is 1. The molecule has 0 spiro atoms. The molecule has 0 amide bonds. The Balaban J connectivity index is 2.79. The van der Waals surface area contributed by atoms with E-state index in [9.17, 15) is 23.5 Å². The summed E-state index contributed by atoms with van der Waals surface area (Å²) in [5, 5.41) is 9.40. The molecule has 1 aromatic carbocycles. The lowest BCUT2D eigenvalue weighted by molar-refractivity contribution is -0.183. The van der Waals surface area contributed by atoms with Gasteiger partial charge < -0.3 is 14.6 Å². The van der Waals surface area contributed by atoms with Crippen LogP contribution in [0, 0.1) is 0 Å². The summed E-state index contributed by atoms with van der Waals surface area (Å²) >= 11 is 0. The Labute approximate surface area is 126 Å². The summed E-state index contributed by atoms with van der Waals surface area (Å²) in [5.41, 5.74) is 0.767. The molecule has 1 N–H and O–H groups in total. The molecule has 1 atom stereocenters. The molecule has 0 aliphatic rings. The van der Waals surface area contributed by atoms with Crippen LogP contribution < -0.4 is 0 Å². The Kier molecular flexibility index (Phi) is 6.18. The van der Waals surface area contributed by atoms with Gasteiger partial charge in [0.05, 0.1) is 19.3 Å². The SMILES string of the molecule is CCOC(=O)C(F)(F)C(O)/C=C/c1ccc(C(=O)OC)cc1. The first kappa shape index (κ1) is 17.8. The summed E-state index contributed by atoms with van der Waals surface area (Å²) in [6.07, 6.45) is -0.324. The molecule has 0 aliphatic carbocycles. The van der Waals surface area contributed by atoms with E-state index in [1.54, 1.807) is 0 Å². The van der Waals surface area contributed by atoms with Crippen LogP contribution >= 0.6 is 0 Å². The summed E-state index contributed by atoms with van der Waals surface area (Å²) in [5.74, 6) is -6.34. The van der Waals surface area contributed by atoms with Gasteiger partial charge in [0.2, 0.25) is 0 Å². The van der Waals surface area contributed by atoms with E-state index < -0.39 is 24.0 Å². The van der Waals surface area contributed by atoms with Crippen LogP contribution in [0.5, 0.6) is 0 Å². The van der Waals surface area contributed by atoms with Crippen LogP contribution in [0.25, 0.3) is 6.08 Å². The third-order valence-corrected chi connectivity index (χ3v) is 2.72. The Bertz CT molecular complexity index is 552. The van der Waals surface area contributed by atoms with Crippen molar-refractivity contribution in [1.82, 2.24) is 0 Å². The topological polar surface area (TPSA) is 72.8 Å². The van der Waals surface area contributed by atoms with Crippen molar-refractivity contribution in [1.29, 1.82) is 0 Å². The van der Waals surface area contributed by atoms with Crippen molar-refractivity contribution < 1.29 is 33.0 Å². The smallest absolute Gasteiger partial charge is 0.380 e. The minimum atomic E-state index is -4.03. The Morgan fingerprint density at radius 2 is 1.91 bits per heavy atom. The van der Waals surface area contributed by atoms with Gasteiger partial charge in [-0.05, 0) is 30.7 Å². The van der Waals surface area contributed by atoms with Gasteiger partial charge in [-0.1, -0.05) is 18.2 Å². The van der Waals surface area contributed by atoms with Crippen molar-refractivity contribution >= 4 is 18.0 Å². The molecule has 0 saturated carbocycles. The minimum absolute atomic E-state index is 0.208. The predicted octanol–water partition coefficient (Wildman–Crippen LogP) is 2.05. The molecule has 0 fully saturated rings. The molecule has 0 heterocycles. The third-order valence-electron chi connectivity index (χ3n) is 2.72. The standard InChI is InChI=1S/C15H16F2O5/c1-3-22-14(20)15(16,17)12(18)9-6-10-4-7-11(8-5-10)13(19)21-2/h4-9,12,18H,3H2,1-2H3/b9-6+. The van der Waals surface area contributed by atoms with E-state index in [-0.39, 0.29) is 6.61 Å². The highest BCUT2D eigenvalue weighted by molar-refractivity contribution is 5.89. The van der Waals surface area contributed by atoms with Gasteiger partial charge in [-0.15, -0.1) is 0 Å². The fourth-order valence-electron chi connectivity index (χ4n) is 1.52. The monoisotopic (exact) mass is 314 g/mol. The summed E-state index contributed by atoms with van der Waals surface area (Å²) in [7, 11) is 1.24. The molecule has 5 nitrogen and oxygen atoms in total. The van der Waals surface area contributed by atoms with Gasteiger partial charge in [-0.25, -0.2) is 9.59 Å². The van der Waals surface area contributed by atoms with Gasteiger partial charge in [-0.3, -0.25) is 0 Å². The number of carbonyl (C=O) groups is 2. The number of esters is 2. The van der Waals surface area contributed by atoms with Crippen molar-refractivity contribution in [2.24, 2.45) is 0 Å². The van der Waals surface area contributed by atoms with Crippen LogP contribution in [-0.2, 0) is 14.3 Å². The number of halogens is 2. The van der Waals surface area contributed by atoms with Gasteiger partial charge in [0, 0.05) is 0 Å². The first-order valence-corrected chi connectivity index (χ1v) is 6.42. The number of ether oxygens (including phenoxy) is 2. The number of benzene rings is 1. The lowest BCUT2D eigenvalue weighted by Crippen LogP contribution is -2.41. The summed E-state index contributed by atoms with van der Waals surface area (Å²) in [4.78, 5) is 22.3. The maximum Gasteiger partial charge on any atom is 0.380 e. The zero-order valence-corrected chi connectivity index (χ0v) is 12.1. The van der Waals surface area contributed by atoms with E-state index in [4.69, 9.17) is 0 Å². The lowest BCUT2D eigenvalue weighted by Gasteiger charge is -2.17. The second-order valence-electron chi connectivity index (χ2n) is 4.26. The van der Waals surface area contributed by atoms with Crippen LogP contribution in [-0.4, -0.2) is 42.8 Å². The molecule has 0 aromatic heterocycles. The highest BCUT2D eigenvalue weighted by atomic mass is 19.3. The number of methoxy groups -OCH3 is 1. The molecule has 22 heavy (non-hydrogen) atoms. The van der Waals surface area contributed by atoms with Crippen molar-refractivity contribution in [3.63, 3.8) is 0 Å². The van der Waals surface area contributed by atoms with Crippen molar-refractivity contribution in [2.75, 3.05) is 13.7 Å². The van der Waals surface area contributed by atoms with Gasteiger partial charge in [0.15, 0.2) is 0 Å². The van der Waals surface area contributed by atoms with E-state index in [1.807, 2.05) is 0 Å². The van der Waals surface area contributed by atoms with Crippen LogP contribution in [0.2, 0.25) is 0 Å². The number of aliphatic hydroxyl groups is 1. The van der Waals surface area contributed by atoms with E-state index in [1.165, 1.54) is 44.4 Å². The molecule has 0 saturated heterocycles. The number of hydrogen-bond acceptors (Lipinski definition) is 5. The Morgan fingerprint density at radius 1 is 1.32 bits per heavy atom. The average Bonchev–Trinajstić information content (AvgIpc) is 2.52. The van der Waals surface area contributed by atoms with Crippen LogP contribution in [0.3, 0.4) is 0 Å². The number of alkyl halides is 2. The zero-order valence-electron chi connectivity index (χ0n) is 12.1. The maximum absolute atomic E-state index is 13.5. The van der Waals surface area contributed by atoms with Crippen molar-refractivity contribution in [2.45, 2.75) is 19.0 Å². The van der Waals surface area contributed by atoms with Gasteiger partial charge in [0.25, 0.3) is 0 Å². The number of carbonyl (C=O) groups excluding carboxylic acids is 2. The average molecular weight is 314 g/mol. The van der Waals surface area contributed by atoms with Crippen molar-refractivity contribution in [3.05, 3.63) is 41.5 Å². The molecule has 0 bridgehead atoms. The first-order chi connectivity index (χ1) is 10.3. The molecule has 1 unspecified atom stereocenters. The maximum atomic E-state index is 13.5. The highest BCUT2D eigenvalue weighted by Crippen LogP contribution is 2.22. The predicted molar refractivity (Wildman–Crippen MR) is 74.4 cm³/mol. The fourth-order valence-corrected chi connectivity index (χ4v) is 1.52.